The summed E-state index contributed by atoms with van der Waals surface area (Å²) >= 11 is 0. The number of benzene rings is 2. The van der Waals surface area contributed by atoms with Crippen molar-refractivity contribution in [3.63, 3.8) is 0 Å². The number of nitriles is 1. The molecule has 3 rings (SSSR count). The third-order valence-corrected chi connectivity index (χ3v) is 3.81. The van der Waals surface area contributed by atoms with E-state index in [2.05, 4.69) is 5.32 Å². The van der Waals surface area contributed by atoms with Crippen LogP contribution in [0.25, 0.3) is 16.8 Å². The molecule has 5 heteroatoms. The van der Waals surface area contributed by atoms with E-state index in [1.807, 2.05) is 42.5 Å². The van der Waals surface area contributed by atoms with Gasteiger partial charge in [0.05, 0.1) is 19.9 Å². The zero-order valence-electron chi connectivity index (χ0n) is 13.7. The molecule has 1 heterocycles. The summed E-state index contributed by atoms with van der Waals surface area (Å²) in [5, 5.41) is 13.9. The number of hydrogen-bond donors (Lipinski definition) is 1. The molecule has 1 aromatic heterocycles. The zero-order chi connectivity index (χ0) is 17.6. The zero-order valence-corrected chi connectivity index (χ0v) is 13.7. The van der Waals surface area contributed by atoms with Crippen molar-refractivity contribution in [2.75, 3.05) is 7.11 Å². The van der Waals surface area contributed by atoms with E-state index in [-0.39, 0.29) is 12.1 Å². The minimum absolute atomic E-state index is 0.0295. The van der Waals surface area contributed by atoms with E-state index in [4.69, 9.17) is 9.15 Å². The van der Waals surface area contributed by atoms with Crippen LogP contribution in [0.3, 0.4) is 0 Å². The predicted molar refractivity (Wildman–Crippen MR) is 94.6 cm³/mol. The van der Waals surface area contributed by atoms with Gasteiger partial charge in [-0.1, -0.05) is 30.3 Å². The lowest BCUT2D eigenvalue weighted by Crippen LogP contribution is -2.23. The number of furan rings is 1. The number of nitrogens with one attached hydrogen (secondary N) is 1. The maximum atomic E-state index is 12.3. The average Bonchev–Trinajstić information content (AvgIpc) is 3.17. The molecule has 0 fully saturated rings. The summed E-state index contributed by atoms with van der Waals surface area (Å²) in [6.45, 7) is 0.230. The van der Waals surface area contributed by atoms with Crippen molar-refractivity contribution in [3.05, 3.63) is 71.7 Å². The molecule has 0 aliphatic heterocycles. The molecule has 0 unspecified atom stereocenters. The van der Waals surface area contributed by atoms with Crippen LogP contribution in [-0.2, 0) is 11.3 Å². The lowest BCUT2D eigenvalue weighted by atomic mass is 10.0. The molecule has 0 saturated carbocycles. The summed E-state index contributed by atoms with van der Waals surface area (Å²) in [5.74, 6) is 0.924. The Hall–Kier alpha value is -3.52. The van der Waals surface area contributed by atoms with Gasteiger partial charge in [-0.05, 0) is 35.2 Å². The average molecular weight is 332 g/mol. The van der Waals surface area contributed by atoms with Gasteiger partial charge in [0.1, 0.15) is 23.2 Å². The lowest BCUT2D eigenvalue weighted by Gasteiger charge is -2.08. The third kappa shape index (κ3) is 3.54. The van der Waals surface area contributed by atoms with Crippen molar-refractivity contribution >= 4 is 22.8 Å². The maximum absolute atomic E-state index is 12.3. The second kappa shape index (κ2) is 7.37. The van der Waals surface area contributed by atoms with Crippen molar-refractivity contribution in [1.82, 2.24) is 5.32 Å². The normalized spacial score (nSPS) is 11.1. The number of carbonyl (C=O) groups excluding carboxylic acids is 1. The highest BCUT2D eigenvalue weighted by atomic mass is 16.5. The SMILES string of the molecule is COc1ccc(/C=C(\C#N)C(=O)NCc2ccco2)c2ccccc12. The van der Waals surface area contributed by atoms with E-state index < -0.39 is 5.91 Å². The summed E-state index contributed by atoms with van der Waals surface area (Å²) in [7, 11) is 1.61. The van der Waals surface area contributed by atoms with Gasteiger partial charge < -0.3 is 14.5 Å². The van der Waals surface area contributed by atoms with E-state index in [1.165, 1.54) is 6.26 Å². The van der Waals surface area contributed by atoms with Crippen LogP contribution in [0.4, 0.5) is 0 Å². The third-order valence-electron chi connectivity index (χ3n) is 3.81. The number of hydrogen-bond acceptors (Lipinski definition) is 4. The fraction of sp³-hybridized carbons (Fsp3) is 0.100. The van der Waals surface area contributed by atoms with Gasteiger partial charge in [-0.2, -0.15) is 5.26 Å². The molecule has 1 amide bonds. The molecule has 0 radical (unpaired) electrons. The highest BCUT2D eigenvalue weighted by molar-refractivity contribution is 6.04. The van der Waals surface area contributed by atoms with E-state index in [1.54, 1.807) is 25.3 Å². The first-order valence-electron chi connectivity index (χ1n) is 7.71. The van der Waals surface area contributed by atoms with Gasteiger partial charge in [0, 0.05) is 5.39 Å². The number of fused-ring (bicyclic) bond motifs is 1. The summed E-state index contributed by atoms with van der Waals surface area (Å²) in [4.78, 5) is 12.3. The molecule has 0 saturated heterocycles. The highest BCUT2D eigenvalue weighted by Crippen LogP contribution is 2.29. The predicted octanol–water partition coefficient (Wildman–Crippen LogP) is 3.66. The van der Waals surface area contributed by atoms with Gasteiger partial charge in [-0.15, -0.1) is 0 Å². The molecular formula is C20H16N2O3. The fourth-order valence-electron chi connectivity index (χ4n) is 2.58. The molecule has 124 valence electrons. The van der Waals surface area contributed by atoms with Crippen LogP contribution >= 0.6 is 0 Å². The Morgan fingerprint density at radius 2 is 2.00 bits per heavy atom. The van der Waals surface area contributed by atoms with Gasteiger partial charge in [0.15, 0.2) is 0 Å². The number of ether oxygens (including phenoxy) is 1. The molecule has 0 spiro atoms. The second-order valence-corrected chi connectivity index (χ2v) is 5.33. The van der Waals surface area contributed by atoms with Crippen molar-refractivity contribution in [2.24, 2.45) is 0 Å². The van der Waals surface area contributed by atoms with Crippen LogP contribution in [0, 0.1) is 11.3 Å². The Bertz CT molecular complexity index is 966. The quantitative estimate of drug-likeness (QED) is 0.571. The van der Waals surface area contributed by atoms with Crippen LogP contribution in [0.15, 0.2) is 64.8 Å². The van der Waals surface area contributed by atoms with Gasteiger partial charge in [-0.25, -0.2) is 0 Å². The Morgan fingerprint density at radius 1 is 1.20 bits per heavy atom. The number of amides is 1. The van der Waals surface area contributed by atoms with Crippen LogP contribution in [0.1, 0.15) is 11.3 Å². The fourth-order valence-corrected chi connectivity index (χ4v) is 2.58. The summed E-state index contributed by atoms with van der Waals surface area (Å²) in [6.07, 6.45) is 3.12. The van der Waals surface area contributed by atoms with Crippen LogP contribution < -0.4 is 10.1 Å². The molecule has 0 aliphatic carbocycles. The van der Waals surface area contributed by atoms with Crippen LogP contribution in [0.2, 0.25) is 0 Å². The molecule has 25 heavy (non-hydrogen) atoms. The van der Waals surface area contributed by atoms with E-state index >= 15 is 0 Å². The first-order chi connectivity index (χ1) is 12.2. The van der Waals surface area contributed by atoms with Gasteiger partial charge in [0.25, 0.3) is 5.91 Å². The highest BCUT2D eigenvalue weighted by Gasteiger charge is 2.11. The summed E-state index contributed by atoms with van der Waals surface area (Å²) in [6, 6.07) is 16.8. The topological polar surface area (TPSA) is 75.3 Å². The molecule has 1 N–H and O–H groups in total. The monoisotopic (exact) mass is 332 g/mol. The van der Waals surface area contributed by atoms with Crippen LogP contribution in [0.5, 0.6) is 5.75 Å². The van der Waals surface area contributed by atoms with E-state index in [0.717, 1.165) is 22.1 Å². The largest absolute Gasteiger partial charge is 0.496 e. The van der Waals surface area contributed by atoms with Gasteiger partial charge in [-0.3, -0.25) is 4.79 Å². The maximum Gasteiger partial charge on any atom is 0.262 e. The van der Waals surface area contributed by atoms with Crippen molar-refractivity contribution in [1.29, 1.82) is 5.26 Å². The Labute approximate surface area is 145 Å². The smallest absolute Gasteiger partial charge is 0.262 e. The van der Waals surface area contributed by atoms with Crippen molar-refractivity contribution in [2.45, 2.75) is 6.54 Å². The van der Waals surface area contributed by atoms with E-state index in [9.17, 15) is 10.1 Å². The molecule has 3 aromatic rings. The minimum atomic E-state index is -0.446. The lowest BCUT2D eigenvalue weighted by molar-refractivity contribution is -0.117. The molecule has 0 bridgehead atoms. The Morgan fingerprint density at radius 3 is 2.68 bits per heavy atom. The van der Waals surface area contributed by atoms with Crippen molar-refractivity contribution < 1.29 is 13.9 Å². The Kier molecular flexibility index (Phi) is 4.82. The first kappa shape index (κ1) is 16.3. The summed E-state index contributed by atoms with van der Waals surface area (Å²) < 4.78 is 10.5. The number of rotatable bonds is 5. The van der Waals surface area contributed by atoms with Crippen LogP contribution in [-0.4, -0.2) is 13.0 Å². The molecule has 5 nitrogen and oxygen atoms in total. The second-order valence-electron chi connectivity index (χ2n) is 5.33. The van der Waals surface area contributed by atoms with Crippen molar-refractivity contribution in [3.8, 4) is 11.8 Å². The minimum Gasteiger partial charge on any atom is -0.496 e. The standard InChI is InChI=1S/C20H16N2O3/c1-24-19-9-8-14(17-6-2-3-7-18(17)19)11-15(12-21)20(23)22-13-16-5-4-10-25-16/h2-11H,13H2,1H3,(H,22,23)/b15-11+. The molecule has 0 aliphatic rings. The summed E-state index contributed by atoms with van der Waals surface area (Å²) in [5.41, 5.74) is 0.808. The number of carbonyl (C=O) groups is 1. The molecule has 2 aromatic carbocycles. The number of nitrogens with zero attached hydrogens (tertiary/aromatic N) is 1. The van der Waals surface area contributed by atoms with Gasteiger partial charge in [0.2, 0.25) is 0 Å². The Balaban J connectivity index is 1.91. The first-order valence-corrected chi connectivity index (χ1v) is 7.71. The van der Waals surface area contributed by atoms with Gasteiger partial charge >= 0.3 is 0 Å². The molecular weight excluding hydrogens is 316 g/mol. The van der Waals surface area contributed by atoms with E-state index in [0.29, 0.717) is 5.76 Å². The molecule has 0 atom stereocenters. The number of methoxy groups -OCH3 is 1.